The summed E-state index contributed by atoms with van der Waals surface area (Å²) in [7, 11) is 0. The van der Waals surface area contributed by atoms with E-state index in [4.69, 9.17) is 5.73 Å². The molecule has 0 aromatic carbocycles. The molecule has 7 heteroatoms. The van der Waals surface area contributed by atoms with Crippen molar-refractivity contribution in [2.45, 2.75) is 26.8 Å². The summed E-state index contributed by atoms with van der Waals surface area (Å²) < 4.78 is 1.63. The Morgan fingerprint density at radius 2 is 2.32 bits per heavy atom. The second-order valence-electron chi connectivity index (χ2n) is 4.32. The second kappa shape index (κ2) is 5.83. The fraction of sp³-hybridized carbons (Fsp3) is 0.417. The zero-order valence-electron chi connectivity index (χ0n) is 11.0. The minimum atomic E-state index is -0.0687. The fourth-order valence-electron chi connectivity index (χ4n) is 1.75. The molecule has 0 saturated heterocycles. The highest BCUT2D eigenvalue weighted by Crippen LogP contribution is 2.14. The van der Waals surface area contributed by atoms with Crippen LogP contribution in [0.15, 0.2) is 10.9 Å². The zero-order chi connectivity index (χ0) is 13.8. The van der Waals surface area contributed by atoms with Gasteiger partial charge in [-0.05, 0) is 13.8 Å². The molecule has 1 amide bonds. The third-order valence-corrected chi connectivity index (χ3v) is 3.55. The van der Waals surface area contributed by atoms with Gasteiger partial charge in [0.05, 0.1) is 28.3 Å². The van der Waals surface area contributed by atoms with E-state index >= 15 is 0 Å². The number of anilines is 1. The second-order valence-corrected chi connectivity index (χ2v) is 5.04. The standard InChI is InChI=1S/C12H17N5OS/c1-8-12(13)9(2)17(16-8)5-11(18)14-4-3-10-6-19-7-15-10/h6-7H,3-5,13H2,1-2H3,(H,14,18). The molecule has 6 nitrogen and oxygen atoms in total. The molecule has 0 aliphatic carbocycles. The molecular weight excluding hydrogens is 262 g/mol. The smallest absolute Gasteiger partial charge is 0.241 e. The Kier molecular flexibility index (Phi) is 4.16. The van der Waals surface area contributed by atoms with Gasteiger partial charge in [0.15, 0.2) is 0 Å². The van der Waals surface area contributed by atoms with Crippen LogP contribution in [0.4, 0.5) is 5.69 Å². The van der Waals surface area contributed by atoms with Crippen LogP contribution in [0.25, 0.3) is 0 Å². The molecule has 3 N–H and O–H groups in total. The molecule has 19 heavy (non-hydrogen) atoms. The largest absolute Gasteiger partial charge is 0.396 e. The molecule has 0 aliphatic rings. The van der Waals surface area contributed by atoms with Gasteiger partial charge in [0.2, 0.25) is 5.91 Å². The van der Waals surface area contributed by atoms with Gasteiger partial charge in [-0.3, -0.25) is 9.48 Å². The van der Waals surface area contributed by atoms with E-state index in [2.05, 4.69) is 15.4 Å². The Morgan fingerprint density at radius 3 is 2.89 bits per heavy atom. The van der Waals surface area contributed by atoms with Crippen molar-refractivity contribution in [3.63, 3.8) is 0 Å². The monoisotopic (exact) mass is 279 g/mol. The van der Waals surface area contributed by atoms with Crippen molar-refractivity contribution in [2.75, 3.05) is 12.3 Å². The maximum absolute atomic E-state index is 11.8. The molecule has 0 spiro atoms. The first-order valence-electron chi connectivity index (χ1n) is 6.01. The van der Waals surface area contributed by atoms with Crippen LogP contribution in [0.2, 0.25) is 0 Å². The first kappa shape index (κ1) is 13.5. The highest BCUT2D eigenvalue weighted by atomic mass is 32.1. The van der Waals surface area contributed by atoms with E-state index in [1.54, 1.807) is 21.5 Å². The van der Waals surface area contributed by atoms with Crippen LogP contribution in [-0.2, 0) is 17.8 Å². The number of nitrogens with one attached hydrogen (secondary N) is 1. The van der Waals surface area contributed by atoms with Crippen LogP contribution >= 0.6 is 11.3 Å². The average Bonchev–Trinajstić information content (AvgIpc) is 2.96. The normalized spacial score (nSPS) is 10.6. The maximum atomic E-state index is 11.8. The molecule has 0 saturated carbocycles. The van der Waals surface area contributed by atoms with Gasteiger partial charge in [-0.15, -0.1) is 11.3 Å². The number of thiazole rings is 1. The van der Waals surface area contributed by atoms with E-state index in [1.807, 2.05) is 19.2 Å². The summed E-state index contributed by atoms with van der Waals surface area (Å²) in [5, 5.41) is 9.06. The number of carbonyl (C=O) groups is 1. The van der Waals surface area contributed by atoms with Crippen LogP contribution in [0, 0.1) is 13.8 Å². The minimum absolute atomic E-state index is 0.0687. The predicted octanol–water partition coefficient (Wildman–Crippen LogP) is 0.898. The third-order valence-electron chi connectivity index (χ3n) is 2.92. The predicted molar refractivity (Wildman–Crippen MR) is 74.9 cm³/mol. The van der Waals surface area contributed by atoms with Gasteiger partial charge in [0.25, 0.3) is 0 Å². The number of carbonyl (C=O) groups excluding carboxylic acids is 1. The summed E-state index contributed by atoms with van der Waals surface area (Å²) in [5.74, 6) is -0.0687. The number of nitrogens with zero attached hydrogens (tertiary/aromatic N) is 3. The lowest BCUT2D eigenvalue weighted by molar-refractivity contribution is -0.121. The molecule has 0 radical (unpaired) electrons. The topological polar surface area (TPSA) is 85.8 Å². The summed E-state index contributed by atoms with van der Waals surface area (Å²) in [5.41, 5.74) is 10.8. The molecule has 0 bridgehead atoms. The summed E-state index contributed by atoms with van der Waals surface area (Å²) >= 11 is 1.56. The lowest BCUT2D eigenvalue weighted by Crippen LogP contribution is -2.30. The van der Waals surface area contributed by atoms with Crippen LogP contribution in [0.5, 0.6) is 0 Å². The van der Waals surface area contributed by atoms with E-state index in [0.29, 0.717) is 12.2 Å². The van der Waals surface area contributed by atoms with E-state index < -0.39 is 0 Å². The van der Waals surface area contributed by atoms with Gasteiger partial charge in [0, 0.05) is 18.3 Å². The van der Waals surface area contributed by atoms with Crippen molar-refractivity contribution in [1.82, 2.24) is 20.1 Å². The van der Waals surface area contributed by atoms with Gasteiger partial charge in [-0.2, -0.15) is 5.10 Å². The van der Waals surface area contributed by atoms with Crippen molar-refractivity contribution in [3.05, 3.63) is 28.0 Å². The summed E-state index contributed by atoms with van der Waals surface area (Å²) in [6, 6.07) is 0. The van der Waals surface area contributed by atoms with E-state index in [0.717, 1.165) is 23.5 Å². The van der Waals surface area contributed by atoms with Gasteiger partial charge in [0.1, 0.15) is 6.54 Å². The number of aryl methyl sites for hydroxylation is 1. The number of aromatic nitrogens is 3. The molecule has 2 heterocycles. The van der Waals surface area contributed by atoms with Crippen LogP contribution in [-0.4, -0.2) is 27.2 Å². The number of hydrogen-bond donors (Lipinski definition) is 2. The molecule has 2 aromatic rings. The van der Waals surface area contributed by atoms with Crippen molar-refractivity contribution in [2.24, 2.45) is 0 Å². The lowest BCUT2D eigenvalue weighted by atomic mass is 10.3. The van der Waals surface area contributed by atoms with E-state index in [9.17, 15) is 4.79 Å². The number of hydrogen-bond acceptors (Lipinski definition) is 5. The quantitative estimate of drug-likeness (QED) is 0.851. The number of nitrogen functional groups attached to an aromatic ring is 1. The number of nitrogens with two attached hydrogens (primary N) is 1. The molecule has 0 unspecified atom stereocenters. The summed E-state index contributed by atoms with van der Waals surface area (Å²) in [6.45, 7) is 4.47. The Hall–Kier alpha value is -1.89. The average molecular weight is 279 g/mol. The highest BCUT2D eigenvalue weighted by molar-refractivity contribution is 7.07. The molecular formula is C12H17N5OS. The van der Waals surface area contributed by atoms with Gasteiger partial charge in [-0.1, -0.05) is 0 Å². The summed E-state index contributed by atoms with van der Waals surface area (Å²) in [6.07, 6.45) is 0.745. The first-order valence-corrected chi connectivity index (χ1v) is 6.95. The molecule has 2 aromatic heterocycles. The fourth-order valence-corrected chi connectivity index (χ4v) is 2.34. The SMILES string of the molecule is Cc1nn(CC(=O)NCCc2cscn2)c(C)c1N. The van der Waals surface area contributed by atoms with Crippen molar-refractivity contribution in [3.8, 4) is 0 Å². The number of amides is 1. The molecule has 0 aliphatic heterocycles. The molecule has 102 valence electrons. The van der Waals surface area contributed by atoms with Crippen LogP contribution < -0.4 is 11.1 Å². The van der Waals surface area contributed by atoms with Crippen molar-refractivity contribution >= 4 is 22.9 Å². The zero-order valence-corrected chi connectivity index (χ0v) is 11.8. The third kappa shape index (κ3) is 3.31. The van der Waals surface area contributed by atoms with E-state index in [1.165, 1.54) is 0 Å². The van der Waals surface area contributed by atoms with Crippen LogP contribution in [0.3, 0.4) is 0 Å². The van der Waals surface area contributed by atoms with E-state index in [-0.39, 0.29) is 12.5 Å². The van der Waals surface area contributed by atoms with Crippen molar-refractivity contribution in [1.29, 1.82) is 0 Å². The Balaban J connectivity index is 1.82. The minimum Gasteiger partial charge on any atom is -0.396 e. The molecule has 0 fully saturated rings. The van der Waals surface area contributed by atoms with Crippen molar-refractivity contribution < 1.29 is 4.79 Å². The first-order chi connectivity index (χ1) is 9.08. The van der Waals surface area contributed by atoms with Crippen LogP contribution in [0.1, 0.15) is 17.1 Å². The molecule has 0 atom stereocenters. The highest BCUT2D eigenvalue weighted by Gasteiger charge is 2.11. The Labute approximate surface area is 115 Å². The lowest BCUT2D eigenvalue weighted by Gasteiger charge is -2.06. The van der Waals surface area contributed by atoms with Gasteiger partial charge in [-0.25, -0.2) is 4.98 Å². The summed E-state index contributed by atoms with van der Waals surface area (Å²) in [4.78, 5) is 15.9. The Bertz CT molecular complexity index is 561. The van der Waals surface area contributed by atoms with Gasteiger partial charge >= 0.3 is 0 Å². The molecule has 2 rings (SSSR count). The Morgan fingerprint density at radius 1 is 1.53 bits per heavy atom. The number of rotatable bonds is 5. The maximum Gasteiger partial charge on any atom is 0.241 e. The van der Waals surface area contributed by atoms with Gasteiger partial charge < -0.3 is 11.1 Å².